The second-order valence-electron chi connectivity index (χ2n) is 6.83. The number of nitrogens with one attached hydrogen (secondary N) is 1. The molecule has 0 saturated heterocycles. The average molecular weight is 358 g/mol. The van der Waals surface area contributed by atoms with E-state index in [0.29, 0.717) is 28.4 Å². The van der Waals surface area contributed by atoms with E-state index in [1.807, 2.05) is 12.1 Å². The number of nitrogens with two attached hydrogens (primary N) is 1. The number of rotatable bonds is 5. The Balaban J connectivity index is 1.58. The summed E-state index contributed by atoms with van der Waals surface area (Å²) in [6, 6.07) is 4.31. The van der Waals surface area contributed by atoms with Crippen molar-refractivity contribution >= 4 is 39.0 Å². The van der Waals surface area contributed by atoms with E-state index in [-0.39, 0.29) is 5.91 Å². The number of aromatic nitrogens is 3. The Morgan fingerprint density at radius 1 is 1.48 bits per heavy atom. The van der Waals surface area contributed by atoms with Gasteiger partial charge in [-0.3, -0.25) is 14.6 Å². The molecule has 1 aliphatic rings. The van der Waals surface area contributed by atoms with Crippen LogP contribution in [0.25, 0.3) is 10.2 Å². The monoisotopic (exact) mass is 358 g/mol. The van der Waals surface area contributed by atoms with Crippen molar-refractivity contribution in [3.8, 4) is 0 Å². The van der Waals surface area contributed by atoms with E-state index in [1.54, 1.807) is 10.9 Å². The van der Waals surface area contributed by atoms with Crippen molar-refractivity contribution in [1.29, 1.82) is 0 Å². The second kappa shape index (κ2) is 6.11. The number of hydrogen-bond acceptors (Lipinski definition) is 6. The minimum Gasteiger partial charge on any atom is -0.397 e. The van der Waals surface area contributed by atoms with Gasteiger partial charge in [-0.25, -0.2) is 4.98 Å². The molecule has 4 rings (SSSR count). The first-order valence-corrected chi connectivity index (χ1v) is 9.20. The maximum atomic E-state index is 12.6. The number of carbonyl (C=O) groups excluding carboxylic acids is 1. The highest BCUT2D eigenvalue weighted by Gasteiger charge is 2.36. The lowest BCUT2D eigenvalue weighted by molar-refractivity contribution is -0.765. The van der Waals surface area contributed by atoms with Crippen LogP contribution in [-0.4, -0.2) is 16.2 Å². The van der Waals surface area contributed by atoms with Crippen molar-refractivity contribution in [2.75, 3.05) is 11.1 Å². The molecule has 1 fully saturated rings. The Morgan fingerprint density at radius 2 is 2.28 bits per heavy atom. The Kier molecular flexibility index (Phi) is 3.91. The summed E-state index contributed by atoms with van der Waals surface area (Å²) >= 11 is 1.30. The predicted molar refractivity (Wildman–Crippen MR) is 95.5 cm³/mol. The van der Waals surface area contributed by atoms with Crippen molar-refractivity contribution in [3.63, 3.8) is 0 Å². The first kappa shape index (κ1) is 16.0. The van der Waals surface area contributed by atoms with Gasteiger partial charge in [0.15, 0.2) is 6.04 Å². The summed E-state index contributed by atoms with van der Waals surface area (Å²) in [4.78, 5) is 18.4. The summed E-state index contributed by atoms with van der Waals surface area (Å²) in [5.41, 5.74) is 7.63. The molecule has 8 heteroatoms. The number of nitrogen functional groups attached to an aromatic ring is 1. The van der Waals surface area contributed by atoms with E-state index in [1.165, 1.54) is 11.3 Å². The lowest BCUT2D eigenvalue weighted by Crippen LogP contribution is -2.32. The Hall–Kier alpha value is -2.48. The number of thiophene rings is 1. The second-order valence-corrected chi connectivity index (χ2v) is 7.83. The van der Waals surface area contributed by atoms with Crippen LogP contribution >= 0.6 is 11.3 Å². The summed E-state index contributed by atoms with van der Waals surface area (Å²) in [7, 11) is 0. The predicted octanol–water partition coefficient (Wildman–Crippen LogP) is 2.94. The van der Waals surface area contributed by atoms with Crippen LogP contribution in [-0.2, 0) is 6.42 Å². The number of carbonyl (C=O) groups is 1. The number of nitrogens with zero attached hydrogens (tertiary/aromatic N) is 3. The van der Waals surface area contributed by atoms with Gasteiger partial charge in [0, 0.05) is 23.9 Å². The van der Waals surface area contributed by atoms with Crippen LogP contribution < -0.4 is 15.7 Å². The Labute approximate surface area is 148 Å². The molecule has 0 atom stereocenters. The number of anilines is 2. The molecule has 0 aromatic carbocycles. The topological polar surface area (TPSA) is 97.9 Å². The molecular formula is C17H20N5O2S+. The zero-order valence-electron chi connectivity index (χ0n) is 14.2. The molecule has 0 aliphatic heterocycles. The Bertz CT molecular complexity index is 942. The van der Waals surface area contributed by atoms with Crippen molar-refractivity contribution in [2.45, 2.75) is 39.2 Å². The molecule has 0 unspecified atom stereocenters. The molecule has 25 heavy (non-hydrogen) atoms. The fourth-order valence-electron chi connectivity index (χ4n) is 2.73. The molecule has 1 aliphatic carbocycles. The summed E-state index contributed by atoms with van der Waals surface area (Å²) in [6.07, 6.45) is 4.79. The first-order chi connectivity index (χ1) is 12.0. The van der Waals surface area contributed by atoms with Gasteiger partial charge in [0.25, 0.3) is 12.1 Å². The smallest absolute Gasteiger partial charge is 0.302 e. The Morgan fingerprint density at radius 3 is 3.00 bits per heavy atom. The molecule has 3 aromatic heterocycles. The normalized spacial score (nSPS) is 14.4. The number of amides is 1. The molecule has 0 spiro atoms. The van der Waals surface area contributed by atoms with E-state index in [0.717, 1.165) is 35.2 Å². The third-order valence-electron chi connectivity index (χ3n) is 4.12. The van der Waals surface area contributed by atoms with Gasteiger partial charge in [-0.2, -0.15) is 0 Å². The van der Waals surface area contributed by atoms with Crippen LogP contribution in [0.3, 0.4) is 0 Å². The summed E-state index contributed by atoms with van der Waals surface area (Å²) < 4.78 is 6.90. The standard InChI is InChI=1S/C17H19N5O2S/c1-9(2)7-10-3-6-12-14(18)15(25-17(12)19-10)16(23)20-13-8-22(21-24-13)11-4-5-11/h3,6,8-9,11H,4-5,7H2,1-2H3,(H2-,18,20,21,23)/p+1. The SMILES string of the molecule is CC(C)Cc1ccc2c(N)c(C(=O)Nc3c[n+](C4CC4)no3)sc2n1. The molecule has 3 aromatic rings. The van der Waals surface area contributed by atoms with Crippen molar-refractivity contribution in [3.05, 3.63) is 28.9 Å². The van der Waals surface area contributed by atoms with Crippen LogP contribution in [0.4, 0.5) is 11.6 Å². The summed E-state index contributed by atoms with van der Waals surface area (Å²) in [5, 5.41) is 7.45. The minimum absolute atomic E-state index is 0.301. The molecule has 0 radical (unpaired) electrons. The van der Waals surface area contributed by atoms with E-state index in [4.69, 9.17) is 10.3 Å². The van der Waals surface area contributed by atoms with Crippen molar-refractivity contribution in [2.24, 2.45) is 5.92 Å². The lowest BCUT2D eigenvalue weighted by atomic mass is 10.1. The van der Waals surface area contributed by atoms with Crippen LogP contribution in [0, 0.1) is 5.92 Å². The minimum atomic E-state index is -0.301. The number of pyridine rings is 1. The van der Waals surface area contributed by atoms with Gasteiger partial charge in [0.1, 0.15) is 9.71 Å². The highest BCUT2D eigenvalue weighted by Crippen LogP contribution is 2.33. The van der Waals surface area contributed by atoms with Crippen LogP contribution in [0.15, 0.2) is 22.9 Å². The van der Waals surface area contributed by atoms with Gasteiger partial charge in [-0.05, 0) is 29.2 Å². The zero-order valence-corrected chi connectivity index (χ0v) is 15.0. The molecule has 130 valence electrons. The summed E-state index contributed by atoms with van der Waals surface area (Å²) in [5.74, 6) is 0.543. The fraction of sp³-hybridized carbons (Fsp3) is 0.412. The molecule has 3 heterocycles. The quantitative estimate of drug-likeness (QED) is 0.683. The van der Waals surface area contributed by atoms with E-state index in [2.05, 4.69) is 29.4 Å². The zero-order chi connectivity index (χ0) is 17.6. The molecular weight excluding hydrogens is 338 g/mol. The molecule has 1 saturated carbocycles. The van der Waals surface area contributed by atoms with Crippen LogP contribution in [0.1, 0.15) is 48.1 Å². The van der Waals surface area contributed by atoms with Crippen molar-refractivity contribution < 1.29 is 14.0 Å². The molecule has 7 nitrogen and oxygen atoms in total. The molecule has 0 bridgehead atoms. The van der Waals surface area contributed by atoms with Crippen LogP contribution in [0.5, 0.6) is 0 Å². The number of fused-ring (bicyclic) bond motifs is 1. The number of hydrogen-bond donors (Lipinski definition) is 2. The largest absolute Gasteiger partial charge is 0.397 e. The van der Waals surface area contributed by atoms with Gasteiger partial charge >= 0.3 is 5.88 Å². The third kappa shape index (κ3) is 3.21. The van der Waals surface area contributed by atoms with Gasteiger partial charge in [0.2, 0.25) is 5.27 Å². The first-order valence-electron chi connectivity index (χ1n) is 8.38. The van der Waals surface area contributed by atoms with E-state index < -0.39 is 0 Å². The molecule has 3 N–H and O–H groups in total. The fourth-order valence-corrected chi connectivity index (χ4v) is 3.74. The van der Waals surface area contributed by atoms with Gasteiger partial charge in [0.05, 0.1) is 5.69 Å². The van der Waals surface area contributed by atoms with Gasteiger partial charge in [-0.1, -0.05) is 13.8 Å². The maximum absolute atomic E-state index is 12.6. The van der Waals surface area contributed by atoms with Crippen molar-refractivity contribution in [1.82, 2.24) is 10.3 Å². The average Bonchev–Trinajstić information content (AvgIpc) is 3.22. The molecule has 1 amide bonds. The van der Waals surface area contributed by atoms with Gasteiger partial charge in [-0.15, -0.1) is 11.3 Å². The summed E-state index contributed by atoms with van der Waals surface area (Å²) in [6.45, 7) is 4.30. The van der Waals surface area contributed by atoms with E-state index >= 15 is 0 Å². The van der Waals surface area contributed by atoms with E-state index in [9.17, 15) is 4.79 Å². The van der Waals surface area contributed by atoms with Gasteiger partial charge < -0.3 is 5.73 Å². The lowest BCUT2D eigenvalue weighted by Gasteiger charge is -2.03. The highest BCUT2D eigenvalue weighted by atomic mass is 32.1. The van der Waals surface area contributed by atoms with Crippen LogP contribution in [0.2, 0.25) is 0 Å². The maximum Gasteiger partial charge on any atom is 0.302 e. The highest BCUT2D eigenvalue weighted by molar-refractivity contribution is 7.21. The third-order valence-corrected chi connectivity index (χ3v) is 5.23.